The molecule has 0 saturated carbocycles. The maximum atomic E-state index is 5.58. The predicted octanol–water partition coefficient (Wildman–Crippen LogP) is 2.62. The van der Waals surface area contributed by atoms with E-state index in [4.69, 9.17) is 13.9 Å². The second kappa shape index (κ2) is 5.82. The average molecular weight is 223 g/mol. The Labute approximate surface area is 95.3 Å². The first-order chi connectivity index (χ1) is 7.86. The maximum absolute atomic E-state index is 5.58. The van der Waals surface area contributed by atoms with Crippen molar-refractivity contribution < 1.29 is 13.9 Å². The van der Waals surface area contributed by atoms with Gasteiger partial charge in [-0.25, -0.2) is 4.98 Å². The number of hydrogen-bond donors (Lipinski definition) is 0. The molecule has 1 aromatic rings. The minimum atomic E-state index is -0.0395. The summed E-state index contributed by atoms with van der Waals surface area (Å²) in [5.74, 6) is 0.646. The molecule has 1 aromatic heterocycles. The van der Waals surface area contributed by atoms with Gasteiger partial charge in [0.05, 0.1) is 12.8 Å². The number of ether oxygens (including phenoxy) is 2. The Morgan fingerprint density at radius 3 is 3.25 bits per heavy atom. The van der Waals surface area contributed by atoms with E-state index < -0.39 is 0 Å². The molecule has 88 valence electrons. The molecule has 2 rings (SSSR count). The van der Waals surface area contributed by atoms with Crippen LogP contribution >= 0.6 is 0 Å². The molecule has 2 heterocycles. The molecule has 16 heavy (non-hydrogen) atoms. The summed E-state index contributed by atoms with van der Waals surface area (Å²) >= 11 is 0. The van der Waals surface area contributed by atoms with E-state index in [1.807, 2.05) is 13.0 Å². The fraction of sp³-hybridized carbons (Fsp3) is 0.583. The zero-order valence-electron chi connectivity index (χ0n) is 9.52. The third-order valence-electron chi connectivity index (χ3n) is 2.58. The second-order valence-corrected chi connectivity index (χ2v) is 3.85. The minimum Gasteiger partial charge on any atom is -0.445 e. The van der Waals surface area contributed by atoms with Crippen LogP contribution in [0.4, 0.5) is 0 Å². The highest BCUT2D eigenvalue weighted by Gasteiger charge is 2.13. The molecule has 4 nitrogen and oxygen atoms in total. The molecule has 0 amide bonds. The molecule has 0 radical (unpaired) electrons. The number of nitrogens with zero attached hydrogens (tertiary/aromatic N) is 1. The van der Waals surface area contributed by atoms with Crippen LogP contribution in [0.1, 0.15) is 32.1 Å². The van der Waals surface area contributed by atoms with Crippen molar-refractivity contribution in [3.8, 4) is 0 Å². The summed E-state index contributed by atoms with van der Waals surface area (Å²) in [6.07, 6.45) is 8.45. The lowest BCUT2D eigenvalue weighted by molar-refractivity contribution is -0.155. The minimum absolute atomic E-state index is 0.0395. The van der Waals surface area contributed by atoms with Crippen LogP contribution < -0.4 is 0 Å². The number of oxazole rings is 1. The monoisotopic (exact) mass is 223 g/mol. The van der Waals surface area contributed by atoms with E-state index in [0.717, 1.165) is 25.0 Å². The Morgan fingerprint density at radius 1 is 1.62 bits per heavy atom. The van der Waals surface area contributed by atoms with Gasteiger partial charge in [0, 0.05) is 12.2 Å². The Balaban J connectivity index is 1.76. The first-order valence-corrected chi connectivity index (χ1v) is 5.66. The summed E-state index contributed by atoms with van der Waals surface area (Å²) in [4.78, 5) is 4.06. The van der Waals surface area contributed by atoms with Crippen LogP contribution in [0, 0.1) is 0 Å². The standard InChI is InChI=1S/C12H17NO3/c1-10(12-13-6-9-16-12)5-8-15-11-4-2-3-7-14-11/h5-6,9,11H,2-4,7-8H2,1H3/b10-5-. The predicted molar refractivity (Wildman–Crippen MR) is 59.7 cm³/mol. The Bertz CT molecular complexity index is 326. The van der Waals surface area contributed by atoms with Crippen LogP contribution in [0.2, 0.25) is 0 Å². The molecule has 1 saturated heterocycles. The lowest BCUT2D eigenvalue weighted by Crippen LogP contribution is -2.22. The third-order valence-corrected chi connectivity index (χ3v) is 2.58. The largest absolute Gasteiger partial charge is 0.445 e. The van der Waals surface area contributed by atoms with Gasteiger partial charge in [0.2, 0.25) is 5.89 Å². The van der Waals surface area contributed by atoms with Gasteiger partial charge in [0.15, 0.2) is 6.29 Å². The van der Waals surface area contributed by atoms with Crippen LogP contribution in [0.3, 0.4) is 0 Å². The topological polar surface area (TPSA) is 44.5 Å². The first kappa shape index (κ1) is 11.4. The van der Waals surface area contributed by atoms with E-state index in [9.17, 15) is 0 Å². The molecule has 1 aliphatic rings. The molecule has 1 atom stereocenters. The van der Waals surface area contributed by atoms with E-state index in [-0.39, 0.29) is 6.29 Å². The Morgan fingerprint density at radius 2 is 2.56 bits per heavy atom. The maximum Gasteiger partial charge on any atom is 0.221 e. The molecule has 0 N–H and O–H groups in total. The smallest absolute Gasteiger partial charge is 0.221 e. The SMILES string of the molecule is C/C(=C/COC1CCCCO1)c1ncco1. The summed E-state index contributed by atoms with van der Waals surface area (Å²) in [5, 5.41) is 0. The van der Waals surface area contributed by atoms with Crippen molar-refractivity contribution in [2.24, 2.45) is 0 Å². The van der Waals surface area contributed by atoms with Gasteiger partial charge in [0.25, 0.3) is 0 Å². The van der Waals surface area contributed by atoms with Crippen LogP contribution in [-0.2, 0) is 9.47 Å². The van der Waals surface area contributed by atoms with E-state index >= 15 is 0 Å². The Kier molecular flexibility index (Phi) is 4.13. The molecular formula is C12H17NO3. The highest BCUT2D eigenvalue weighted by atomic mass is 16.7. The number of aromatic nitrogens is 1. The van der Waals surface area contributed by atoms with Gasteiger partial charge in [-0.1, -0.05) is 6.08 Å². The summed E-state index contributed by atoms with van der Waals surface area (Å²) in [5.41, 5.74) is 0.987. The van der Waals surface area contributed by atoms with Crippen molar-refractivity contribution in [1.29, 1.82) is 0 Å². The summed E-state index contributed by atoms with van der Waals surface area (Å²) < 4.78 is 16.2. The van der Waals surface area contributed by atoms with Crippen LogP contribution in [0.25, 0.3) is 5.57 Å². The van der Waals surface area contributed by atoms with E-state index in [1.165, 1.54) is 6.42 Å². The van der Waals surface area contributed by atoms with Crippen LogP contribution in [-0.4, -0.2) is 24.5 Å². The lowest BCUT2D eigenvalue weighted by atomic mass is 10.2. The molecular weight excluding hydrogens is 206 g/mol. The molecule has 0 spiro atoms. The molecule has 0 bridgehead atoms. The molecule has 0 aliphatic carbocycles. The molecule has 1 unspecified atom stereocenters. The van der Waals surface area contributed by atoms with Crippen LogP contribution in [0.15, 0.2) is 23.0 Å². The number of allylic oxidation sites excluding steroid dienone is 1. The van der Waals surface area contributed by atoms with E-state index in [1.54, 1.807) is 12.5 Å². The quantitative estimate of drug-likeness (QED) is 0.787. The Hall–Kier alpha value is -1.13. The van der Waals surface area contributed by atoms with E-state index in [2.05, 4.69) is 4.98 Å². The average Bonchev–Trinajstić information content (AvgIpc) is 2.84. The second-order valence-electron chi connectivity index (χ2n) is 3.85. The van der Waals surface area contributed by atoms with Gasteiger partial charge < -0.3 is 13.9 Å². The van der Waals surface area contributed by atoms with Gasteiger partial charge in [-0.2, -0.15) is 0 Å². The zero-order valence-corrected chi connectivity index (χ0v) is 9.52. The van der Waals surface area contributed by atoms with Crippen molar-refractivity contribution >= 4 is 5.57 Å². The summed E-state index contributed by atoms with van der Waals surface area (Å²) in [6.45, 7) is 3.31. The van der Waals surface area contributed by atoms with E-state index in [0.29, 0.717) is 12.5 Å². The van der Waals surface area contributed by atoms with Crippen molar-refractivity contribution in [1.82, 2.24) is 4.98 Å². The number of rotatable bonds is 4. The highest BCUT2D eigenvalue weighted by Crippen LogP contribution is 2.15. The van der Waals surface area contributed by atoms with Gasteiger partial charge in [-0.15, -0.1) is 0 Å². The lowest BCUT2D eigenvalue weighted by Gasteiger charge is -2.21. The summed E-state index contributed by atoms with van der Waals surface area (Å²) in [6, 6.07) is 0. The molecule has 1 fully saturated rings. The van der Waals surface area contributed by atoms with Gasteiger partial charge in [-0.3, -0.25) is 0 Å². The fourth-order valence-corrected chi connectivity index (χ4v) is 1.63. The first-order valence-electron chi connectivity index (χ1n) is 5.66. The fourth-order valence-electron chi connectivity index (χ4n) is 1.63. The van der Waals surface area contributed by atoms with Gasteiger partial charge in [-0.05, 0) is 26.2 Å². The van der Waals surface area contributed by atoms with Crippen molar-refractivity contribution in [3.05, 3.63) is 24.4 Å². The van der Waals surface area contributed by atoms with Gasteiger partial charge in [0.1, 0.15) is 6.26 Å². The van der Waals surface area contributed by atoms with Crippen molar-refractivity contribution in [2.75, 3.05) is 13.2 Å². The van der Waals surface area contributed by atoms with Crippen molar-refractivity contribution in [2.45, 2.75) is 32.5 Å². The highest BCUT2D eigenvalue weighted by molar-refractivity contribution is 5.55. The molecule has 0 aromatic carbocycles. The normalized spacial score (nSPS) is 22.3. The van der Waals surface area contributed by atoms with Crippen molar-refractivity contribution in [3.63, 3.8) is 0 Å². The van der Waals surface area contributed by atoms with Crippen LogP contribution in [0.5, 0.6) is 0 Å². The summed E-state index contributed by atoms with van der Waals surface area (Å²) in [7, 11) is 0. The number of hydrogen-bond acceptors (Lipinski definition) is 4. The van der Waals surface area contributed by atoms with Gasteiger partial charge >= 0.3 is 0 Å². The zero-order chi connectivity index (χ0) is 11.2. The third kappa shape index (κ3) is 3.18. The molecule has 4 heteroatoms. The molecule has 1 aliphatic heterocycles.